The van der Waals surface area contributed by atoms with Gasteiger partial charge in [-0.15, -0.1) is 0 Å². The van der Waals surface area contributed by atoms with Crippen LogP contribution in [0.15, 0.2) is 66.9 Å². The maximum absolute atomic E-state index is 12.6. The van der Waals surface area contributed by atoms with E-state index in [2.05, 4.69) is 36.4 Å². The van der Waals surface area contributed by atoms with E-state index in [4.69, 9.17) is 4.74 Å². The average molecular weight is 483 g/mol. The standard InChI is InChI=1S/C25H30N4O4S/c1-25(2,3)20-9-6-7-11-22(20)33-23-21(10-8-16-26-23)28-24(30)27-19-14-12-18(13-15-19)17-34(31,32)29(4)5/h6-16H,17H2,1-5H3,(H2,27,28,30). The number of urea groups is 1. The van der Waals surface area contributed by atoms with Gasteiger partial charge in [-0.2, -0.15) is 0 Å². The summed E-state index contributed by atoms with van der Waals surface area (Å²) < 4.78 is 31.3. The number of anilines is 2. The first-order valence-electron chi connectivity index (χ1n) is 10.8. The Hall–Kier alpha value is -3.43. The number of benzene rings is 2. The summed E-state index contributed by atoms with van der Waals surface area (Å²) >= 11 is 0. The number of amides is 2. The van der Waals surface area contributed by atoms with Gasteiger partial charge < -0.3 is 15.4 Å². The largest absolute Gasteiger partial charge is 0.437 e. The normalized spacial score (nSPS) is 11.8. The topological polar surface area (TPSA) is 101 Å². The molecule has 180 valence electrons. The Morgan fingerprint density at radius 1 is 0.971 bits per heavy atom. The van der Waals surface area contributed by atoms with Gasteiger partial charge in [0, 0.05) is 31.5 Å². The minimum absolute atomic E-state index is 0.112. The molecular weight excluding hydrogens is 452 g/mol. The number of sulfonamides is 1. The van der Waals surface area contributed by atoms with Crippen molar-refractivity contribution in [2.24, 2.45) is 0 Å². The monoisotopic (exact) mass is 482 g/mol. The third-order valence-corrected chi connectivity index (χ3v) is 6.85. The first kappa shape index (κ1) is 25.2. The summed E-state index contributed by atoms with van der Waals surface area (Å²) in [7, 11) is -0.371. The lowest BCUT2D eigenvalue weighted by Gasteiger charge is -2.22. The van der Waals surface area contributed by atoms with Gasteiger partial charge in [-0.3, -0.25) is 0 Å². The lowest BCUT2D eigenvalue weighted by Crippen LogP contribution is -2.23. The highest BCUT2D eigenvalue weighted by Gasteiger charge is 2.20. The fourth-order valence-electron chi connectivity index (χ4n) is 3.16. The molecule has 0 unspecified atom stereocenters. The quantitative estimate of drug-likeness (QED) is 0.482. The molecule has 0 radical (unpaired) electrons. The zero-order chi connectivity index (χ0) is 24.9. The van der Waals surface area contributed by atoms with Crippen molar-refractivity contribution < 1.29 is 17.9 Å². The van der Waals surface area contributed by atoms with Crippen LogP contribution in [0.5, 0.6) is 11.6 Å². The van der Waals surface area contributed by atoms with E-state index in [1.165, 1.54) is 18.4 Å². The lowest BCUT2D eigenvalue weighted by molar-refractivity contribution is 0.262. The summed E-state index contributed by atoms with van der Waals surface area (Å²) in [5, 5.41) is 5.50. The molecule has 1 aromatic heterocycles. The Morgan fingerprint density at radius 3 is 2.29 bits per heavy atom. The van der Waals surface area contributed by atoms with Crippen molar-refractivity contribution in [3.63, 3.8) is 0 Å². The van der Waals surface area contributed by atoms with Gasteiger partial charge in [-0.05, 0) is 41.3 Å². The van der Waals surface area contributed by atoms with Crippen LogP contribution in [0.25, 0.3) is 0 Å². The number of para-hydroxylation sites is 1. The molecule has 9 heteroatoms. The van der Waals surface area contributed by atoms with E-state index in [0.29, 0.717) is 22.7 Å². The Labute approximate surface area is 201 Å². The minimum Gasteiger partial charge on any atom is -0.437 e. The molecule has 0 bridgehead atoms. The van der Waals surface area contributed by atoms with Crippen LogP contribution in [-0.4, -0.2) is 37.8 Å². The van der Waals surface area contributed by atoms with Crippen molar-refractivity contribution in [3.05, 3.63) is 78.0 Å². The number of pyridine rings is 1. The van der Waals surface area contributed by atoms with Gasteiger partial charge in [-0.25, -0.2) is 22.5 Å². The first-order valence-corrected chi connectivity index (χ1v) is 12.4. The van der Waals surface area contributed by atoms with Crippen molar-refractivity contribution in [1.29, 1.82) is 0 Å². The van der Waals surface area contributed by atoms with Crippen LogP contribution in [0, 0.1) is 0 Å². The van der Waals surface area contributed by atoms with E-state index < -0.39 is 16.1 Å². The Bertz CT molecular complexity index is 1250. The third kappa shape index (κ3) is 6.55. The molecule has 0 saturated carbocycles. The Kier molecular flexibility index (Phi) is 7.58. The van der Waals surface area contributed by atoms with Crippen LogP contribution in [0.3, 0.4) is 0 Å². The summed E-state index contributed by atoms with van der Waals surface area (Å²) in [4.78, 5) is 16.9. The molecule has 0 aliphatic rings. The second-order valence-corrected chi connectivity index (χ2v) is 11.2. The fourth-order valence-corrected chi connectivity index (χ4v) is 4.03. The average Bonchev–Trinajstić information content (AvgIpc) is 2.76. The maximum atomic E-state index is 12.6. The number of carbonyl (C=O) groups is 1. The zero-order valence-corrected chi connectivity index (χ0v) is 20.8. The number of hydrogen-bond acceptors (Lipinski definition) is 5. The molecule has 0 spiro atoms. The number of hydrogen-bond donors (Lipinski definition) is 2. The zero-order valence-electron chi connectivity index (χ0n) is 20.0. The molecule has 0 aliphatic heterocycles. The number of nitrogens with zero attached hydrogens (tertiary/aromatic N) is 2. The second kappa shape index (κ2) is 10.2. The van der Waals surface area contributed by atoms with Crippen molar-refractivity contribution in [3.8, 4) is 11.6 Å². The van der Waals surface area contributed by atoms with E-state index >= 15 is 0 Å². The van der Waals surface area contributed by atoms with Crippen molar-refractivity contribution >= 4 is 27.4 Å². The van der Waals surface area contributed by atoms with Crippen molar-refractivity contribution in [2.45, 2.75) is 31.9 Å². The molecule has 3 aromatic rings. The van der Waals surface area contributed by atoms with Gasteiger partial charge in [0.1, 0.15) is 11.4 Å². The van der Waals surface area contributed by atoms with E-state index in [0.717, 1.165) is 5.56 Å². The SMILES string of the molecule is CN(C)S(=O)(=O)Cc1ccc(NC(=O)Nc2cccnc2Oc2ccccc2C(C)(C)C)cc1. The van der Waals surface area contributed by atoms with Crippen molar-refractivity contribution in [1.82, 2.24) is 9.29 Å². The van der Waals surface area contributed by atoms with E-state index in [1.807, 2.05) is 24.3 Å². The molecule has 1 heterocycles. The number of nitrogens with one attached hydrogen (secondary N) is 2. The third-order valence-electron chi connectivity index (χ3n) is 5.04. The molecule has 8 nitrogen and oxygen atoms in total. The van der Waals surface area contributed by atoms with E-state index in [-0.39, 0.29) is 17.0 Å². The first-order chi connectivity index (χ1) is 16.0. The Morgan fingerprint density at radius 2 is 1.65 bits per heavy atom. The van der Waals surface area contributed by atoms with Crippen molar-refractivity contribution in [2.75, 3.05) is 24.7 Å². The summed E-state index contributed by atoms with van der Waals surface area (Å²) in [6.45, 7) is 6.30. The van der Waals surface area contributed by atoms with Gasteiger partial charge in [0.05, 0.1) is 5.75 Å². The van der Waals surface area contributed by atoms with Gasteiger partial charge in [0.2, 0.25) is 15.9 Å². The molecule has 0 aliphatic carbocycles. The highest BCUT2D eigenvalue weighted by atomic mass is 32.2. The predicted molar refractivity (Wildman–Crippen MR) is 135 cm³/mol. The van der Waals surface area contributed by atoms with Crippen LogP contribution >= 0.6 is 0 Å². The van der Waals surface area contributed by atoms with Crippen LogP contribution in [0.1, 0.15) is 31.9 Å². The second-order valence-electron chi connectivity index (χ2n) is 9.02. The molecule has 2 N–H and O–H groups in total. The predicted octanol–water partition coefficient (Wildman–Crippen LogP) is 5.21. The molecule has 2 aromatic carbocycles. The number of rotatable bonds is 7. The van der Waals surface area contributed by atoms with Crippen LogP contribution in [0.2, 0.25) is 0 Å². The number of carbonyl (C=O) groups excluding carboxylic acids is 1. The van der Waals surface area contributed by atoms with Gasteiger partial charge in [0.15, 0.2) is 0 Å². The van der Waals surface area contributed by atoms with E-state index in [9.17, 15) is 13.2 Å². The molecule has 34 heavy (non-hydrogen) atoms. The minimum atomic E-state index is -3.36. The molecule has 2 amide bonds. The van der Waals surface area contributed by atoms with Gasteiger partial charge >= 0.3 is 6.03 Å². The summed E-state index contributed by atoms with van der Waals surface area (Å²) in [5.41, 5.74) is 2.45. The molecule has 3 rings (SSSR count). The maximum Gasteiger partial charge on any atom is 0.323 e. The smallest absolute Gasteiger partial charge is 0.323 e. The van der Waals surface area contributed by atoms with Crippen LogP contribution in [0.4, 0.5) is 16.2 Å². The molecule has 0 saturated heterocycles. The molecule has 0 atom stereocenters. The van der Waals surface area contributed by atoms with Gasteiger partial charge in [-0.1, -0.05) is 51.1 Å². The number of aromatic nitrogens is 1. The van der Waals surface area contributed by atoms with E-state index in [1.54, 1.807) is 42.6 Å². The fraction of sp³-hybridized carbons (Fsp3) is 0.280. The number of ether oxygens (including phenoxy) is 1. The molecule has 0 fully saturated rings. The van der Waals surface area contributed by atoms with Crippen LogP contribution in [-0.2, 0) is 21.2 Å². The summed E-state index contributed by atoms with van der Waals surface area (Å²) in [6, 6.07) is 17.3. The lowest BCUT2D eigenvalue weighted by atomic mass is 9.86. The highest BCUT2D eigenvalue weighted by molar-refractivity contribution is 7.88. The molecular formula is C25H30N4O4S. The Balaban J connectivity index is 1.70. The van der Waals surface area contributed by atoms with Gasteiger partial charge in [0.25, 0.3) is 0 Å². The highest BCUT2D eigenvalue weighted by Crippen LogP contribution is 2.35. The van der Waals surface area contributed by atoms with Crippen LogP contribution < -0.4 is 15.4 Å². The summed E-state index contributed by atoms with van der Waals surface area (Å²) in [6.07, 6.45) is 1.60. The summed E-state index contributed by atoms with van der Waals surface area (Å²) in [5.74, 6) is 0.831.